The molecule has 0 spiro atoms. The predicted molar refractivity (Wildman–Crippen MR) is 99.6 cm³/mol. The summed E-state index contributed by atoms with van der Waals surface area (Å²) in [5.74, 6) is 0.764. The second-order valence-electron chi connectivity index (χ2n) is 5.31. The molecule has 0 bridgehead atoms. The first-order valence-corrected chi connectivity index (χ1v) is 8.01. The molecule has 0 aliphatic carbocycles. The minimum Gasteiger partial charge on any atom is -0.497 e. The van der Waals surface area contributed by atoms with Crippen molar-refractivity contribution < 1.29 is 19.1 Å². The number of carbonyl (C=O) groups is 2. The van der Waals surface area contributed by atoms with Crippen LogP contribution in [-0.4, -0.2) is 32.2 Å². The molecule has 0 saturated carbocycles. The molecule has 0 aliphatic rings. The molecule has 0 unspecified atom stereocenters. The Morgan fingerprint density at radius 2 is 1.65 bits per heavy atom. The van der Waals surface area contributed by atoms with Gasteiger partial charge in [-0.2, -0.15) is 5.10 Å². The van der Waals surface area contributed by atoms with Crippen LogP contribution in [0.3, 0.4) is 0 Å². The third-order valence-corrected chi connectivity index (χ3v) is 3.48. The zero-order chi connectivity index (χ0) is 18.8. The summed E-state index contributed by atoms with van der Waals surface area (Å²) in [5, 5.41) is 6.60. The maximum absolute atomic E-state index is 11.9. The number of hydrogen-bond acceptors (Lipinski definition) is 5. The van der Waals surface area contributed by atoms with Crippen molar-refractivity contribution in [1.82, 2.24) is 5.43 Å². The molecular formula is C19H21N3O4. The molecule has 2 amide bonds. The average Bonchev–Trinajstić information content (AvgIpc) is 2.67. The third-order valence-electron chi connectivity index (χ3n) is 3.48. The van der Waals surface area contributed by atoms with Crippen molar-refractivity contribution in [3.8, 4) is 11.5 Å². The summed E-state index contributed by atoms with van der Waals surface area (Å²) in [6.07, 6.45) is 1.58. The molecule has 2 aromatic rings. The first kappa shape index (κ1) is 19.0. The van der Waals surface area contributed by atoms with Crippen LogP contribution >= 0.6 is 0 Å². The number of rotatable bonds is 8. The first-order chi connectivity index (χ1) is 12.6. The summed E-state index contributed by atoms with van der Waals surface area (Å²) in [4.78, 5) is 23.6. The van der Waals surface area contributed by atoms with Gasteiger partial charge in [0.15, 0.2) is 0 Å². The second-order valence-corrected chi connectivity index (χ2v) is 5.31. The molecule has 0 saturated heterocycles. The Kier molecular flexibility index (Phi) is 7.17. The Morgan fingerprint density at radius 1 is 0.962 bits per heavy atom. The number of methoxy groups -OCH3 is 2. The number of nitrogens with one attached hydrogen (secondary N) is 2. The SMILES string of the molecule is COc1ccc(NC(=O)CCC(=O)N/N=C/c2ccccc2OC)cc1. The lowest BCUT2D eigenvalue weighted by atomic mass is 10.2. The van der Waals surface area contributed by atoms with Crippen LogP contribution in [0.15, 0.2) is 53.6 Å². The molecule has 2 rings (SSSR count). The molecule has 0 atom stereocenters. The number of ether oxygens (including phenoxy) is 2. The highest BCUT2D eigenvalue weighted by atomic mass is 16.5. The monoisotopic (exact) mass is 355 g/mol. The van der Waals surface area contributed by atoms with Gasteiger partial charge in [0.1, 0.15) is 11.5 Å². The average molecular weight is 355 g/mol. The fourth-order valence-corrected chi connectivity index (χ4v) is 2.13. The third kappa shape index (κ3) is 5.94. The Labute approximate surface area is 152 Å². The first-order valence-electron chi connectivity index (χ1n) is 8.01. The van der Waals surface area contributed by atoms with Crippen LogP contribution in [-0.2, 0) is 9.59 Å². The number of benzene rings is 2. The lowest BCUT2D eigenvalue weighted by molar-refractivity contribution is -0.124. The standard InChI is InChI=1S/C19H21N3O4/c1-25-16-9-7-15(8-10-16)21-18(23)11-12-19(24)22-20-13-14-5-3-4-6-17(14)26-2/h3-10,13H,11-12H2,1-2H3,(H,21,23)(H,22,24)/b20-13+. The van der Waals surface area contributed by atoms with Gasteiger partial charge >= 0.3 is 0 Å². The number of amides is 2. The van der Waals surface area contributed by atoms with Gasteiger partial charge in [-0.25, -0.2) is 5.43 Å². The summed E-state index contributed by atoms with van der Waals surface area (Å²) in [7, 11) is 3.13. The molecule has 136 valence electrons. The van der Waals surface area contributed by atoms with E-state index in [0.717, 1.165) is 5.56 Å². The van der Waals surface area contributed by atoms with Gasteiger partial charge in [0.05, 0.1) is 20.4 Å². The maximum Gasteiger partial charge on any atom is 0.240 e. The summed E-state index contributed by atoms with van der Waals surface area (Å²) in [6.45, 7) is 0. The second kappa shape index (κ2) is 9.83. The zero-order valence-electron chi connectivity index (χ0n) is 14.7. The van der Waals surface area contributed by atoms with E-state index in [1.54, 1.807) is 44.6 Å². The van der Waals surface area contributed by atoms with E-state index in [-0.39, 0.29) is 24.7 Å². The predicted octanol–water partition coefficient (Wildman–Crippen LogP) is 2.57. The van der Waals surface area contributed by atoms with Gasteiger partial charge in [-0.05, 0) is 36.4 Å². The highest BCUT2D eigenvalue weighted by Crippen LogP contribution is 2.15. The maximum atomic E-state index is 11.9. The molecule has 0 radical (unpaired) electrons. The van der Waals surface area contributed by atoms with Gasteiger partial charge in [0.2, 0.25) is 11.8 Å². The molecule has 0 aliphatic heterocycles. The van der Waals surface area contributed by atoms with Gasteiger partial charge in [-0.15, -0.1) is 0 Å². The number of nitrogens with zero attached hydrogens (tertiary/aromatic N) is 1. The van der Waals surface area contributed by atoms with Crippen LogP contribution in [0.4, 0.5) is 5.69 Å². The van der Waals surface area contributed by atoms with Gasteiger partial charge in [-0.1, -0.05) is 12.1 Å². The minimum absolute atomic E-state index is 0.0330. The van der Waals surface area contributed by atoms with Gasteiger partial charge < -0.3 is 14.8 Å². The van der Waals surface area contributed by atoms with Crippen LogP contribution in [0.25, 0.3) is 0 Å². The van der Waals surface area contributed by atoms with E-state index in [2.05, 4.69) is 15.8 Å². The fraction of sp³-hybridized carbons (Fsp3) is 0.211. The highest BCUT2D eigenvalue weighted by Gasteiger charge is 2.07. The van der Waals surface area contributed by atoms with Crippen molar-refractivity contribution in [2.45, 2.75) is 12.8 Å². The summed E-state index contributed by atoms with van der Waals surface area (Å²) in [5.41, 5.74) is 3.78. The van der Waals surface area contributed by atoms with E-state index in [9.17, 15) is 9.59 Å². The molecule has 0 aromatic heterocycles. The minimum atomic E-state index is -0.346. The van der Waals surface area contributed by atoms with Crippen molar-refractivity contribution in [2.24, 2.45) is 5.10 Å². The van der Waals surface area contributed by atoms with E-state index in [4.69, 9.17) is 9.47 Å². The molecular weight excluding hydrogens is 334 g/mol. The van der Waals surface area contributed by atoms with Crippen molar-refractivity contribution in [2.75, 3.05) is 19.5 Å². The van der Waals surface area contributed by atoms with Gasteiger partial charge in [0.25, 0.3) is 0 Å². The van der Waals surface area contributed by atoms with Crippen molar-refractivity contribution in [1.29, 1.82) is 0 Å². The van der Waals surface area contributed by atoms with Crippen LogP contribution in [0.2, 0.25) is 0 Å². The lowest BCUT2D eigenvalue weighted by Gasteiger charge is -2.06. The number of carbonyl (C=O) groups excluding carboxylic acids is 2. The molecule has 7 nitrogen and oxygen atoms in total. The summed E-state index contributed by atoms with van der Waals surface area (Å²) < 4.78 is 10.2. The molecule has 0 fully saturated rings. The van der Waals surface area contributed by atoms with E-state index in [1.165, 1.54) is 6.21 Å². The lowest BCUT2D eigenvalue weighted by Crippen LogP contribution is -2.20. The van der Waals surface area contributed by atoms with Crippen molar-refractivity contribution in [3.05, 3.63) is 54.1 Å². The van der Waals surface area contributed by atoms with E-state index in [0.29, 0.717) is 17.2 Å². The normalized spacial score (nSPS) is 10.4. The van der Waals surface area contributed by atoms with Crippen molar-refractivity contribution in [3.63, 3.8) is 0 Å². The summed E-state index contributed by atoms with van der Waals surface area (Å²) >= 11 is 0. The van der Waals surface area contributed by atoms with Gasteiger partial charge in [0, 0.05) is 24.1 Å². The molecule has 0 heterocycles. The van der Waals surface area contributed by atoms with Crippen molar-refractivity contribution >= 4 is 23.7 Å². The van der Waals surface area contributed by atoms with Crippen LogP contribution in [0, 0.1) is 0 Å². The van der Waals surface area contributed by atoms with Crippen LogP contribution in [0.5, 0.6) is 11.5 Å². The molecule has 7 heteroatoms. The number of hydrogen-bond donors (Lipinski definition) is 2. The van der Waals surface area contributed by atoms with E-state index >= 15 is 0 Å². The Bertz CT molecular complexity index is 773. The highest BCUT2D eigenvalue weighted by molar-refractivity contribution is 5.93. The topological polar surface area (TPSA) is 89.0 Å². The zero-order valence-corrected chi connectivity index (χ0v) is 14.7. The Morgan fingerprint density at radius 3 is 2.35 bits per heavy atom. The summed E-state index contributed by atoms with van der Waals surface area (Å²) in [6, 6.07) is 14.3. The fourth-order valence-electron chi connectivity index (χ4n) is 2.13. The molecule has 26 heavy (non-hydrogen) atoms. The Hall–Kier alpha value is -3.35. The van der Waals surface area contributed by atoms with Crippen LogP contribution in [0.1, 0.15) is 18.4 Å². The smallest absolute Gasteiger partial charge is 0.240 e. The number of anilines is 1. The quantitative estimate of drug-likeness (QED) is 0.563. The molecule has 2 N–H and O–H groups in total. The Balaban J connectivity index is 1.75. The number of hydrazone groups is 1. The van der Waals surface area contributed by atoms with E-state index < -0.39 is 0 Å². The molecule has 2 aromatic carbocycles. The van der Waals surface area contributed by atoms with E-state index in [1.807, 2.05) is 18.2 Å². The largest absolute Gasteiger partial charge is 0.497 e. The van der Waals surface area contributed by atoms with Gasteiger partial charge in [-0.3, -0.25) is 9.59 Å². The van der Waals surface area contributed by atoms with Crippen LogP contribution < -0.4 is 20.2 Å². The number of para-hydroxylation sites is 1.